The van der Waals surface area contributed by atoms with Crippen LogP contribution in [-0.2, 0) is 9.47 Å². The van der Waals surface area contributed by atoms with Gasteiger partial charge in [0.05, 0.1) is 13.2 Å². The van der Waals surface area contributed by atoms with Gasteiger partial charge in [-0.3, -0.25) is 0 Å². The molecule has 1 aliphatic rings. The van der Waals surface area contributed by atoms with Gasteiger partial charge in [-0.1, -0.05) is 29.8 Å². The summed E-state index contributed by atoms with van der Waals surface area (Å²) in [5.74, 6) is 0.131. The molecule has 1 saturated heterocycles. The zero-order chi connectivity index (χ0) is 8.32. The van der Waals surface area contributed by atoms with Crippen molar-refractivity contribution in [3.63, 3.8) is 0 Å². The minimum absolute atomic E-state index is 0.302. The molecule has 0 spiro atoms. The van der Waals surface area contributed by atoms with Gasteiger partial charge < -0.3 is 9.47 Å². The predicted molar refractivity (Wildman–Crippen MR) is 47.9 cm³/mol. The average Bonchev–Trinajstić information content (AvgIpc) is 2.38. The molecule has 0 saturated carbocycles. The number of halogens is 1. The second kappa shape index (κ2) is 3.87. The van der Waals surface area contributed by atoms with E-state index in [2.05, 4.69) is 29.8 Å². The molecule has 1 heterocycles. The summed E-state index contributed by atoms with van der Waals surface area (Å²) in [6.07, 6.45) is 0.935. The van der Waals surface area contributed by atoms with Crippen LogP contribution >= 0.6 is 15.9 Å². The van der Waals surface area contributed by atoms with Crippen molar-refractivity contribution < 1.29 is 9.47 Å². The maximum atomic E-state index is 5.59. The number of ether oxygens (including phenoxy) is 2. The summed E-state index contributed by atoms with van der Waals surface area (Å²) in [6, 6.07) is 0. The van der Waals surface area contributed by atoms with E-state index in [1.54, 1.807) is 0 Å². The Bertz CT molecular complexity index is 119. The van der Waals surface area contributed by atoms with Crippen LogP contribution in [0.2, 0.25) is 0 Å². The lowest BCUT2D eigenvalue weighted by Gasteiger charge is -2.30. The fraction of sp³-hybridized carbons (Fsp3) is 1.00. The highest BCUT2D eigenvalue weighted by Crippen LogP contribution is 2.31. The van der Waals surface area contributed by atoms with Gasteiger partial charge in [-0.25, -0.2) is 0 Å². The van der Waals surface area contributed by atoms with Crippen LogP contribution in [0, 0.1) is 5.92 Å². The second-order valence-corrected chi connectivity index (χ2v) is 3.90. The second-order valence-electron chi connectivity index (χ2n) is 3.10. The van der Waals surface area contributed by atoms with Gasteiger partial charge in [-0.15, -0.1) is 0 Å². The van der Waals surface area contributed by atoms with E-state index in [1.165, 1.54) is 0 Å². The molecule has 0 aromatic heterocycles. The minimum Gasteiger partial charge on any atom is -0.347 e. The molecule has 11 heavy (non-hydrogen) atoms. The maximum Gasteiger partial charge on any atom is 0.171 e. The van der Waals surface area contributed by atoms with Crippen LogP contribution in [-0.4, -0.2) is 24.3 Å². The van der Waals surface area contributed by atoms with Crippen LogP contribution in [0.3, 0.4) is 0 Å². The Hall–Kier alpha value is 0.400. The lowest BCUT2D eigenvalue weighted by atomic mass is 10.0. The molecule has 0 unspecified atom stereocenters. The van der Waals surface area contributed by atoms with E-state index in [1.807, 2.05) is 0 Å². The van der Waals surface area contributed by atoms with Crippen molar-refractivity contribution in [2.45, 2.75) is 26.1 Å². The highest BCUT2D eigenvalue weighted by atomic mass is 79.9. The predicted octanol–water partition coefficient (Wildman–Crippen LogP) is 2.17. The third-order valence-corrected chi connectivity index (χ3v) is 2.50. The largest absolute Gasteiger partial charge is 0.347 e. The van der Waals surface area contributed by atoms with E-state index in [0.717, 1.165) is 25.0 Å². The van der Waals surface area contributed by atoms with Gasteiger partial charge >= 0.3 is 0 Å². The molecule has 3 heteroatoms. The van der Waals surface area contributed by atoms with E-state index in [4.69, 9.17) is 9.47 Å². The van der Waals surface area contributed by atoms with Gasteiger partial charge in [0.2, 0.25) is 0 Å². The fourth-order valence-corrected chi connectivity index (χ4v) is 1.92. The summed E-state index contributed by atoms with van der Waals surface area (Å²) in [6.45, 7) is 5.75. The zero-order valence-corrected chi connectivity index (χ0v) is 8.69. The monoisotopic (exact) mass is 222 g/mol. The number of hydrogen-bond donors (Lipinski definition) is 0. The van der Waals surface area contributed by atoms with E-state index in [0.29, 0.717) is 5.92 Å². The van der Waals surface area contributed by atoms with Gasteiger partial charge in [-0.2, -0.15) is 0 Å². The van der Waals surface area contributed by atoms with E-state index < -0.39 is 0 Å². The van der Waals surface area contributed by atoms with Crippen LogP contribution in [0.1, 0.15) is 20.3 Å². The summed E-state index contributed by atoms with van der Waals surface area (Å²) in [7, 11) is 0. The Kier molecular flexibility index (Phi) is 3.34. The van der Waals surface area contributed by atoms with Crippen LogP contribution in [0.4, 0.5) is 0 Å². The molecular weight excluding hydrogens is 208 g/mol. The topological polar surface area (TPSA) is 18.5 Å². The normalized spacial score (nSPS) is 22.9. The van der Waals surface area contributed by atoms with Crippen molar-refractivity contribution >= 4 is 15.9 Å². The Labute approximate surface area is 76.4 Å². The van der Waals surface area contributed by atoms with Crippen molar-refractivity contribution in [3.8, 4) is 0 Å². The molecule has 0 aromatic rings. The molecule has 0 amide bonds. The molecule has 0 radical (unpaired) electrons. The zero-order valence-electron chi connectivity index (χ0n) is 7.10. The highest BCUT2D eigenvalue weighted by Gasteiger charge is 2.38. The highest BCUT2D eigenvalue weighted by molar-refractivity contribution is 9.09. The van der Waals surface area contributed by atoms with Gasteiger partial charge in [0, 0.05) is 17.7 Å². The average molecular weight is 223 g/mol. The summed E-state index contributed by atoms with van der Waals surface area (Å²) < 4.78 is 11.2. The first kappa shape index (κ1) is 9.49. The molecule has 1 rings (SSSR count). The number of hydrogen-bond acceptors (Lipinski definition) is 2. The molecule has 2 nitrogen and oxygen atoms in total. The summed E-state index contributed by atoms with van der Waals surface area (Å²) in [5.41, 5.74) is 0. The molecule has 1 aliphatic heterocycles. The first-order valence-corrected chi connectivity index (χ1v) is 5.17. The van der Waals surface area contributed by atoms with Crippen molar-refractivity contribution in [3.05, 3.63) is 0 Å². The molecule has 0 aliphatic carbocycles. The van der Waals surface area contributed by atoms with E-state index in [-0.39, 0.29) is 5.79 Å². The minimum atomic E-state index is -0.302. The fourth-order valence-electron chi connectivity index (χ4n) is 1.37. The van der Waals surface area contributed by atoms with Gasteiger partial charge in [0.15, 0.2) is 5.79 Å². The first-order chi connectivity index (χ1) is 5.21. The smallest absolute Gasteiger partial charge is 0.171 e. The van der Waals surface area contributed by atoms with Gasteiger partial charge in [0.1, 0.15) is 0 Å². The van der Waals surface area contributed by atoms with Gasteiger partial charge in [0.25, 0.3) is 0 Å². The third-order valence-electron chi connectivity index (χ3n) is 2.10. The number of alkyl halides is 1. The Balaban J connectivity index is 2.55. The van der Waals surface area contributed by atoms with Crippen LogP contribution < -0.4 is 0 Å². The lowest BCUT2D eigenvalue weighted by Crippen LogP contribution is -2.36. The third kappa shape index (κ3) is 1.95. The summed E-state index contributed by atoms with van der Waals surface area (Å²) in [5, 5.41) is 0.936. The molecule has 0 aromatic carbocycles. The van der Waals surface area contributed by atoms with Crippen LogP contribution in [0.15, 0.2) is 0 Å². The number of rotatable bonds is 3. The molecule has 0 N–H and O–H groups in total. The lowest BCUT2D eigenvalue weighted by molar-refractivity contribution is -0.188. The molecule has 66 valence electrons. The molecule has 0 bridgehead atoms. The van der Waals surface area contributed by atoms with E-state index >= 15 is 0 Å². The van der Waals surface area contributed by atoms with E-state index in [9.17, 15) is 0 Å². The van der Waals surface area contributed by atoms with Crippen molar-refractivity contribution in [2.75, 3.05) is 18.5 Å². The maximum absolute atomic E-state index is 5.59. The van der Waals surface area contributed by atoms with Crippen molar-refractivity contribution in [2.24, 2.45) is 5.92 Å². The van der Waals surface area contributed by atoms with Crippen molar-refractivity contribution in [1.82, 2.24) is 0 Å². The SMILES string of the molecule is CC(C)C1(CCBr)OCCO1. The molecular formula is C8H15BrO2. The molecule has 1 fully saturated rings. The standard InChI is InChI=1S/C8H15BrO2/c1-7(2)8(3-4-9)10-5-6-11-8/h7H,3-6H2,1-2H3. The summed E-state index contributed by atoms with van der Waals surface area (Å²) >= 11 is 3.40. The van der Waals surface area contributed by atoms with Crippen molar-refractivity contribution in [1.29, 1.82) is 0 Å². The first-order valence-electron chi connectivity index (χ1n) is 4.05. The van der Waals surface area contributed by atoms with Crippen LogP contribution in [0.5, 0.6) is 0 Å². The Morgan fingerprint density at radius 3 is 2.27 bits per heavy atom. The Morgan fingerprint density at radius 1 is 1.36 bits per heavy atom. The van der Waals surface area contributed by atoms with Crippen LogP contribution in [0.25, 0.3) is 0 Å². The summed E-state index contributed by atoms with van der Waals surface area (Å²) in [4.78, 5) is 0. The van der Waals surface area contributed by atoms with Gasteiger partial charge in [-0.05, 0) is 0 Å². The molecule has 0 atom stereocenters. The quantitative estimate of drug-likeness (QED) is 0.682. The Morgan fingerprint density at radius 2 is 1.91 bits per heavy atom.